The predicted octanol–water partition coefficient (Wildman–Crippen LogP) is -2.48. The van der Waals surface area contributed by atoms with Gasteiger partial charge in [0, 0.05) is 154 Å². The van der Waals surface area contributed by atoms with Crippen LogP contribution < -0.4 is 64.6 Å². The highest BCUT2D eigenvalue weighted by molar-refractivity contribution is 7.98. The fraction of sp³-hybridized carbons (Fsp3) is 0.671. The maximum Gasteiger partial charge on any atom is 0.327 e. The van der Waals surface area contributed by atoms with Gasteiger partial charge in [-0.3, -0.25) is 62.4 Å². The molecular weight excluding hydrogens is 1510 g/mol. The van der Waals surface area contributed by atoms with Gasteiger partial charge in [0.1, 0.15) is 48.3 Å². The van der Waals surface area contributed by atoms with Crippen LogP contribution in [0.25, 0.3) is 0 Å². The summed E-state index contributed by atoms with van der Waals surface area (Å²) in [6.07, 6.45) is 0.137. The number of amides is 11. The van der Waals surface area contributed by atoms with Gasteiger partial charge >= 0.3 is 11.9 Å². The highest BCUT2D eigenvalue weighted by atomic mass is 32.2. The van der Waals surface area contributed by atoms with Gasteiger partial charge in [0.15, 0.2) is 0 Å². The van der Waals surface area contributed by atoms with E-state index in [4.69, 9.17) is 25.7 Å². The number of unbranched alkanes of at least 4 members (excludes halogenated alkanes) is 1. The molecule has 0 radical (unpaired) electrons. The van der Waals surface area contributed by atoms with Gasteiger partial charge in [-0.25, -0.2) is 4.79 Å². The first-order chi connectivity index (χ1) is 54.5. The number of carbonyl (C=O) groups excluding carboxylic acids is 11. The van der Waals surface area contributed by atoms with Gasteiger partial charge in [0.25, 0.3) is 0 Å². The summed E-state index contributed by atoms with van der Waals surface area (Å²) in [5.41, 5.74) is 13.4. The number of hydrogen-bond acceptors (Lipinski definition) is 24. The van der Waals surface area contributed by atoms with Crippen LogP contribution in [0.1, 0.15) is 114 Å². The van der Waals surface area contributed by atoms with E-state index in [1.165, 1.54) is 40.2 Å². The van der Waals surface area contributed by atoms with Crippen molar-refractivity contribution in [1.29, 1.82) is 0 Å². The van der Waals surface area contributed by atoms with E-state index in [1.54, 1.807) is 30.3 Å². The number of benzene rings is 2. The molecule has 4 aliphatic heterocycles. The van der Waals surface area contributed by atoms with Gasteiger partial charge in [-0.1, -0.05) is 74.4 Å². The minimum Gasteiger partial charge on any atom is -0.481 e. The second kappa shape index (κ2) is 52.4. The minimum atomic E-state index is -1.77. The number of nitrogens with one attached hydrogen (secondary N) is 10. The number of aliphatic hydroxyl groups is 1. The van der Waals surface area contributed by atoms with Crippen LogP contribution in [0.15, 0.2) is 54.6 Å². The SMILES string of the molecule is CCCC[C@H](NC(=O)CCC(=O)NCCCOCCOCCOCCCNC(=O)CN1CCN(C(=O)C(CNCCN)CNCCN)CC1)C(=O)N[C@H]1CSCc2cccc(c2)CSC[C@@H](C(=O)O)NC(=O)[C@H](Cc2ccccc2)NC(=O)[C@H](CCC(=O)O)NC(=O)[C@H]([C@@H](C)O)NC(=O)[C@@H]2CCCN2C(=O)[C@@H]2CCCN2C1=O. The van der Waals surface area contributed by atoms with Crippen molar-refractivity contribution in [3.8, 4) is 0 Å². The first-order valence-electron chi connectivity index (χ1n) is 39.4. The molecule has 0 unspecified atom stereocenters. The third-order valence-electron chi connectivity index (χ3n) is 19.5. The molecule has 0 spiro atoms. The Labute approximate surface area is 669 Å². The van der Waals surface area contributed by atoms with Gasteiger partial charge in [-0.15, -0.1) is 0 Å². The number of nitrogens with two attached hydrogens (primary N) is 2. The molecule has 2 aromatic carbocycles. The lowest BCUT2D eigenvalue weighted by molar-refractivity contribution is -0.148. The molecule has 37 heteroatoms. The Bertz CT molecular complexity index is 3350. The lowest BCUT2D eigenvalue weighted by Gasteiger charge is -2.36. The number of ether oxygens (including phenoxy) is 3. The Hall–Kier alpha value is -8.11. The summed E-state index contributed by atoms with van der Waals surface area (Å²) in [4.78, 5) is 185. The standard InChI is InChI=1S/C76H120N16O19S2/c1-3-4-17-56(83-64(95)22-21-63(94)81-26-11-36-109-38-40-111-41-39-110-37-12-27-82-65(96)46-89-32-34-90(35-33-89)73(104)55(44-79-28-24-77)45-80-29-25-78)68(99)86-59-49-112-47-53-15-8-16-54(42-53)48-113-50-60(76(107)108)87-70(101)58(43-52-13-6-5-7-14-52)85-69(100)57(20-23-66(97)98)84-72(103)67(51(2)93)88-71(102)61-18-9-30-91(61)75(106)62-19-10-31-92(62)74(59)105/h5-8,13-16,42,51,55-62,67,79-80,93H,3-4,9-12,17-41,43-50,77-78H2,1-2H3,(H,81,94)(H,82,96)(H,83,95)(H,84,103)(H,85,100)(H,86,99)(H,87,101)(H,88,102)(H,97,98)(H,107,108)/t51-,56+,57+,58+,59+,60+,61+,62+,67+/m1/s1. The van der Waals surface area contributed by atoms with Crippen molar-refractivity contribution in [2.24, 2.45) is 17.4 Å². The van der Waals surface area contributed by atoms with Crippen LogP contribution in [0.2, 0.25) is 0 Å². The number of aliphatic carboxylic acids is 2. The fourth-order valence-electron chi connectivity index (χ4n) is 13.3. The van der Waals surface area contributed by atoms with Crippen molar-refractivity contribution in [2.45, 2.75) is 170 Å². The predicted molar refractivity (Wildman–Crippen MR) is 423 cm³/mol. The van der Waals surface area contributed by atoms with Gasteiger partial charge in [-0.2, -0.15) is 23.5 Å². The fourth-order valence-corrected chi connectivity index (χ4v) is 15.3. The van der Waals surface area contributed by atoms with E-state index >= 15 is 4.79 Å². The lowest BCUT2D eigenvalue weighted by Crippen LogP contribution is -2.61. The summed E-state index contributed by atoms with van der Waals surface area (Å²) in [5.74, 6) is -9.14. The second-order valence-corrected chi connectivity index (χ2v) is 30.5. The first kappa shape index (κ1) is 93.7. The number of aliphatic hydroxyl groups excluding tert-OH is 1. The molecule has 2 aromatic rings. The van der Waals surface area contributed by atoms with Gasteiger partial charge in [0.2, 0.25) is 65.0 Å². The van der Waals surface area contributed by atoms with Crippen LogP contribution in [0, 0.1) is 5.92 Å². The van der Waals surface area contributed by atoms with E-state index in [0.29, 0.717) is 167 Å². The summed E-state index contributed by atoms with van der Waals surface area (Å²) in [6.45, 7) is 12.0. The van der Waals surface area contributed by atoms with E-state index < -0.39 is 132 Å². The molecule has 630 valence electrons. The number of thioether (sulfide) groups is 2. The molecule has 17 N–H and O–H groups in total. The summed E-state index contributed by atoms with van der Waals surface area (Å²) < 4.78 is 16.9. The van der Waals surface area contributed by atoms with Crippen LogP contribution in [0.5, 0.6) is 0 Å². The van der Waals surface area contributed by atoms with Crippen LogP contribution in [0.4, 0.5) is 0 Å². The number of carbonyl (C=O) groups is 13. The van der Waals surface area contributed by atoms with Gasteiger partial charge in [-0.05, 0) is 75.0 Å². The maximum atomic E-state index is 15.1. The first-order valence-corrected chi connectivity index (χ1v) is 41.7. The summed E-state index contributed by atoms with van der Waals surface area (Å²) in [5, 5.41) is 59.0. The van der Waals surface area contributed by atoms with E-state index in [9.17, 15) is 72.9 Å². The minimum absolute atomic E-state index is 0.00261. The average molecular weight is 1630 g/mol. The third kappa shape index (κ3) is 34.1. The summed E-state index contributed by atoms with van der Waals surface area (Å²) >= 11 is 2.52. The van der Waals surface area contributed by atoms with Gasteiger partial charge < -0.3 is 109 Å². The smallest absolute Gasteiger partial charge is 0.327 e. The second-order valence-electron chi connectivity index (χ2n) is 28.5. The molecule has 3 fully saturated rings. The monoisotopic (exact) mass is 1620 g/mol. The van der Waals surface area contributed by atoms with Crippen LogP contribution in [-0.4, -0.2) is 316 Å². The molecular formula is C76H120N16O19S2. The Morgan fingerprint density at radius 2 is 1.19 bits per heavy atom. The molecule has 3 saturated heterocycles. The quantitative estimate of drug-likeness (QED) is 0.0307. The molecule has 0 aromatic heterocycles. The van der Waals surface area contributed by atoms with Crippen molar-refractivity contribution in [3.63, 3.8) is 0 Å². The largest absolute Gasteiger partial charge is 0.481 e. The molecule has 6 rings (SSSR count). The van der Waals surface area contributed by atoms with Crippen molar-refractivity contribution < 1.29 is 91.9 Å². The van der Waals surface area contributed by atoms with E-state index in [1.807, 2.05) is 41.0 Å². The molecule has 113 heavy (non-hydrogen) atoms. The molecule has 2 bridgehead atoms. The van der Waals surface area contributed by atoms with E-state index in [0.717, 1.165) is 11.1 Å². The summed E-state index contributed by atoms with van der Waals surface area (Å²) in [6, 6.07) is 4.88. The number of carboxylic acids is 2. The van der Waals surface area contributed by atoms with E-state index in [2.05, 4.69) is 53.2 Å². The van der Waals surface area contributed by atoms with Crippen molar-refractivity contribution in [1.82, 2.24) is 72.8 Å². The molecule has 0 saturated carbocycles. The maximum absolute atomic E-state index is 15.1. The molecule has 0 aliphatic carbocycles. The molecule has 35 nitrogen and oxygen atoms in total. The molecule has 11 amide bonds. The van der Waals surface area contributed by atoms with Crippen LogP contribution >= 0.6 is 23.5 Å². The molecule has 9 atom stereocenters. The number of nitrogens with zero attached hydrogens (tertiary/aromatic N) is 4. The van der Waals surface area contributed by atoms with Crippen LogP contribution in [0.3, 0.4) is 0 Å². The third-order valence-corrected chi connectivity index (χ3v) is 21.7. The average Bonchev–Trinajstić information content (AvgIpc) is 1.67. The van der Waals surface area contributed by atoms with E-state index in [-0.39, 0.29) is 93.9 Å². The molecule has 4 heterocycles. The summed E-state index contributed by atoms with van der Waals surface area (Å²) in [7, 11) is 0. The topological polar surface area (TPSA) is 496 Å². The number of hydrogen-bond donors (Lipinski definition) is 15. The number of piperazine rings is 1. The number of fused-ring (bicyclic) bond motifs is 4. The highest BCUT2D eigenvalue weighted by Crippen LogP contribution is 2.28. The Balaban J connectivity index is 0.985. The van der Waals surface area contributed by atoms with Gasteiger partial charge in [0.05, 0.1) is 45.0 Å². The van der Waals surface area contributed by atoms with Crippen molar-refractivity contribution in [2.75, 3.05) is 149 Å². The van der Waals surface area contributed by atoms with Crippen molar-refractivity contribution in [3.05, 3.63) is 71.3 Å². The van der Waals surface area contributed by atoms with Crippen molar-refractivity contribution >= 4 is 100 Å². The normalized spacial score (nSPS) is 21.3. The molecule has 4 aliphatic rings. The Kier molecular flexibility index (Phi) is 43.5. The zero-order chi connectivity index (χ0) is 81.9. The highest BCUT2D eigenvalue weighted by Gasteiger charge is 2.45. The van der Waals surface area contributed by atoms with Crippen LogP contribution in [-0.2, 0) is 94.5 Å². The zero-order valence-electron chi connectivity index (χ0n) is 65.2. The Morgan fingerprint density at radius 1 is 0.611 bits per heavy atom. The number of carboxylic acid groups (broad SMARTS) is 2. The Morgan fingerprint density at radius 3 is 1.79 bits per heavy atom. The zero-order valence-corrected chi connectivity index (χ0v) is 66.8. The number of rotatable bonds is 41. The lowest BCUT2D eigenvalue weighted by atomic mass is 10.0.